The molecule has 0 radical (unpaired) electrons. The second kappa shape index (κ2) is 9.90. The number of carbonyl (C=O) groups is 1. The molecule has 0 N–H and O–H groups in total. The molecule has 2 fully saturated rings. The minimum absolute atomic E-state index is 0.0596. The second-order valence-corrected chi connectivity index (χ2v) is 15.6. The zero-order valence-corrected chi connectivity index (χ0v) is 20.8. The Labute approximate surface area is 195 Å². The molecule has 1 amide bonds. The Morgan fingerprint density at radius 1 is 1.24 bits per heavy atom. The molecule has 4 heterocycles. The van der Waals surface area contributed by atoms with Gasteiger partial charge in [-0.15, -0.1) is 0 Å². The summed E-state index contributed by atoms with van der Waals surface area (Å²) in [4.78, 5) is 19.4. The Morgan fingerprint density at radius 3 is 2.64 bits per heavy atom. The molecule has 2 saturated heterocycles. The van der Waals surface area contributed by atoms with Gasteiger partial charge in [-0.25, -0.2) is 14.1 Å². The Bertz CT molecular complexity index is 971. The van der Waals surface area contributed by atoms with Crippen molar-refractivity contribution in [3.8, 4) is 17.1 Å². The average Bonchev–Trinajstić information content (AvgIpc) is 3.19. The van der Waals surface area contributed by atoms with Gasteiger partial charge in [-0.3, -0.25) is 4.79 Å². The highest BCUT2D eigenvalue weighted by atomic mass is 28.3. The molecule has 0 aromatic carbocycles. The number of hydrogen-bond donors (Lipinski definition) is 0. The highest BCUT2D eigenvalue weighted by Crippen LogP contribution is 2.31. The SMILES string of the molecule is COc1cc(-c2cc(C(=O)N3C4CCCC3COC4)nn2COCC[Si](C)(C)C)c(F)cn1. The Hall–Kier alpha value is -2.30. The number of pyridine rings is 1. The van der Waals surface area contributed by atoms with Gasteiger partial charge in [-0.2, -0.15) is 5.10 Å². The van der Waals surface area contributed by atoms with E-state index in [1.807, 2.05) is 4.90 Å². The lowest BCUT2D eigenvalue weighted by Crippen LogP contribution is -2.57. The van der Waals surface area contributed by atoms with Gasteiger partial charge >= 0.3 is 0 Å². The van der Waals surface area contributed by atoms with Crippen LogP contribution in [0.2, 0.25) is 25.7 Å². The van der Waals surface area contributed by atoms with Crippen LogP contribution in [0.15, 0.2) is 18.3 Å². The third-order valence-electron chi connectivity index (χ3n) is 6.24. The summed E-state index contributed by atoms with van der Waals surface area (Å²) in [5.41, 5.74) is 1.01. The molecule has 8 nitrogen and oxygen atoms in total. The summed E-state index contributed by atoms with van der Waals surface area (Å²) in [5, 5.41) is 4.56. The predicted octanol–water partition coefficient (Wildman–Crippen LogP) is 3.80. The summed E-state index contributed by atoms with van der Waals surface area (Å²) in [6.45, 7) is 8.66. The Balaban J connectivity index is 1.64. The number of nitrogens with zero attached hydrogens (tertiary/aromatic N) is 4. The minimum Gasteiger partial charge on any atom is -0.481 e. The first kappa shape index (κ1) is 23.8. The molecular weight excluding hydrogens is 443 g/mol. The van der Waals surface area contributed by atoms with Gasteiger partial charge < -0.3 is 19.1 Å². The van der Waals surface area contributed by atoms with Crippen LogP contribution in [0.25, 0.3) is 11.3 Å². The van der Waals surface area contributed by atoms with Crippen molar-refractivity contribution in [1.29, 1.82) is 0 Å². The summed E-state index contributed by atoms with van der Waals surface area (Å²) < 4.78 is 33.1. The first-order valence-corrected chi connectivity index (χ1v) is 15.2. The lowest BCUT2D eigenvalue weighted by molar-refractivity contribution is -0.0568. The third-order valence-corrected chi connectivity index (χ3v) is 7.94. The molecule has 2 aromatic heterocycles. The molecule has 0 spiro atoms. The van der Waals surface area contributed by atoms with Gasteiger partial charge in [0, 0.05) is 26.3 Å². The number of rotatable bonds is 8. The molecule has 2 aliphatic heterocycles. The van der Waals surface area contributed by atoms with Gasteiger partial charge in [0.05, 0.1) is 44.3 Å². The normalized spacial score (nSPS) is 20.7. The number of morpholine rings is 1. The number of aromatic nitrogens is 3. The molecule has 0 aliphatic carbocycles. The van der Waals surface area contributed by atoms with Crippen molar-refractivity contribution in [1.82, 2.24) is 19.7 Å². The van der Waals surface area contributed by atoms with Crippen LogP contribution in [0.1, 0.15) is 29.8 Å². The Morgan fingerprint density at radius 2 is 1.97 bits per heavy atom. The Kier molecular flexibility index (Phi) is 7.15. The quantitative estimate of drug-likeness (QED) is 0.426. The van der Waals surface area contributed by atoms with E-state index >= 15 is 0 Å². The van der Waals surface area contributed by atoms with Crippen LogP contribution >= 0.6 is 0 Å². The molecule has 2 bridgehead atoms. The maximum Gasteiger partial charge on any atom is 0.275 e. The van der Waals surface area contributed by atoms with Crippen molar-refractivity contribution in [2.24, 2.45) is 0 Å². The van der Waals surface area contributed by atoms with E-state index in [2.05, 4.69) is 29.7 Å². The molecule has 2 unspecified atom stereocenters. The van der Waals surface area contributed by atoms with Gasteiger partial charge in [0.15, 0.2) is 11.5 Å². The van der Waals surface area contributed by atoms with Gasteiger partial charge in [0.25, 0.3) is 5.91 Å². The van der Waals surface area contributed by atoms with Crippen molar-refractivity contribution in [3.63, 3.8) is 0 Å². The van der Waals surface area contributed by atoms with E-state index in [4.69, 9.17) is 14.2 Å². The van der Waals surface area contributed by atoms with E-state index in [0.29, 0.717) is 25.5 Å². The van der Waals surface area contributed by atoms with E-state index in [1.165, 1.54) is 13.2 Å². The average molecular weight is 477 g/mol. The zero-order valence-electron chi connectivity index (χ0n) is 19.8. The molecular formula is C23H33FN4O4Si. The first-order chi connectivity index (χ1) is 15.8. The van der Waals surface area contributed by atoms with Gasteiger partial charge in [0.1, 0.15) is 6.73 Å². The fourth-order valence-corrected chi connectivity index (χ4v) is 5.15. The summed E-state index contributed by atoms with van der Waals surface area (Å²) in [6.07, 6.45) is 4.05. The van der Waals surface area contributed by atoms with Crippen LogP contribution < -0.4 is 4.74 Å². The highest BCUT2D eigenvalue weighted by Gasteiger charge is 2.39. The van der Waals surface area contributed by atoms with E-state index in [1.54, 1.807) is 10.7 Å². The molecule has 4 rings (SSSR count). The zero-order chi connectivity index (χ0) is 23.6. The maximum absolute atomic E-state index is 14.8. The molecule has 33 heavy (non-hydrogen) atoms. The second-order valence-electron chi connectivity index (χ2n) is 9.96. The number of amides is 1. The van der Waals surface area contributed by atoms with Crippen molar-refractivity contribution in [2.75, 3.05) is 26.9 Å². The number of carbonyl (C=O) groups excluding carboxylic acids is 1. The van der Waals surface area contributed by atoms with Crippen LogP contribution in [-0.2, 0) is 16.2 Å². The van der Waals surface area contributed by atoms with Crippen LogP contribution in [0.5, 0.6) is 5.88 Å². The third kappa shape index (κ3) is 5.44. The van der Waals surface area contributed by atoms with Crippen molar-refractivity contribution >= 4 is 14.0 Å². The van der Waals surface area contributed by atoms with Crippen molar-refractivity contribution < 1.29 is 23.4 Å². The summed E-state index contributed by atoms with van der Waals surface area (Å²) >= 11 is 0. The van der Waals surface area contributed by atoms with Crippen LogP contribution in [-0.4, -0.2) is 72.7 Å². The maximum atomic E-state index is 14.8. The lowest BCUT2D eigenvalue weighted by Gasteiger charge is -2.45. The predicted molar refractivity (Wildman–Crippen MR) is 124 cm³/mol. The fraction of sp³-hybridized carbons (Fsp3) is 0.609. The number of ether oxygens (including phenoxy) is 3. The van der Waals surface area contributed by atoms with Gasteiger partial charge in [-0.1, -0.05) is 19.6 Å². The minimum atomic E-state index is -1.25. The van der Waals surface area contributed by atoms with Crippen LogP contribution in [0, 0.1) is 5.82 Å². The topological polar surface area (TPSA) is 78.7 Å². The number of fused-ring (bicyclic) bond motifs is 2. The summed E-state index contributed by atoms with van der Waals surface area (Å²) in [5.74, 6) is -0.368. The smallest absolute Gasteiger partial charge is 0.275 e. The largest absolute Gasteiger partial charge is 0.481 e. The van der Waals surface area contributed by atoms with Crippen molar-refractivity contribution in [2.45, 2.75) is 63.8 Å². The molecule has 180 valence electrons. The summed E-state index contributed by atoms with van der Waals surface area (Å²) in [6, 6.07) is 4.29. The first-order valence-electron chi connectivity index (χ1n) is 11.5. The molecule has 2 aliphatic rings. The highest BCUT2D eigenvalue weighted by molar-refractivity contribution is 6.76. The number of piperidine rings is 1. The molecule has 2 atom stereocenters. The standard InChI is InChI=1S/C23H33FN4O4Si/c1-30-22-10-18(19(24)12-25-22)21-11-20(26-27(21)15-31-8-9-33(2,3)4)23(29)28-16-6-5-7-17(28)14-32-13-16/h10-12,16-17H,5-9,13-15H2,1-4H3. The van der Waals surface area contributed by atoms with Crippen LogP contribution in [0.3, 0.4) is 0 Å². The molecule has 0 saturated carbocycles. The van der Waals surface area contributed by atoms with Crippen molar-refractivity contribution in [3.05, 3.63) is 29.8 Å². The fourth-order valence-electron chi connectivity index (χ4n) is 4.39. The van der Waals surface area contributed by atoms with E-state index in [9.17, 15) is 9.18 Å². The lowest BCUT2D eigenvalue weighted by atomic mass is 9.94. The summed E-state index contributed by atoms with van der Waals surface area (Å²) in [7, 11) is 0.224. The van der Waals surface area contributed by atoms with Crippen LogP contribution in [0.4, 0.5) is 4.39 Å². The van der Waals surface area contributed by atoms with E-state index < -0.39 is 13.9 Å². The number of halogens is 1. The van der Waals surface area contributed by atoms with E-state index in [0.717, 1.165) is 31.5 Å². The molecule has 10 heteroatoms. The van der Waals surface area contributed by atoms with E-state index in [-0.39, 0.29) is 41.9 Å². The number of hydrogen-bond acceptors (Lipinski definition) is 6. The monoisotopic (exact) mass is 476 g/mol. The van der Waals surface area contributed by atoms with Gasteiger partial charge in [0.2, 0.25) is 5.88 Å². The molecule has 2 aromatic rings. The number of methoxy groups -OCH3 is 1. The van der Waals surface area contributed by atoms with Gasteiger partial charge in [-0.05, 0) is 31.4 Å².